The molecule has 1 saturated heterocycles. The number of hydrogen-bond acceptors (Lipinski definition) is 3. The van der Waals surface area contributed by atoms with Crippen LogP contribution in [0.1, 0.15) is 32.1 Å². The second kappa shape index (κ2) is 5.21. The van der Waals surface area contributed by atoms with Crippen LogP contribution >= 0.6 is 12.6 Å². The van der Waals surface area contributed by atoms with E-state index in [1.807, 2.05) is 4.90 Å². The molecule has 1 aliphatic heterocycles. The number of amides is 1. The number of carbonyl (C=O) groups is 1. The lowest BCUT2D eigenvalue weighted by Gasteiger charge is -2.43. The van der Waals surface area contributed by atoms with E-state index in [0.29, 0.717) is 30.9 Å². The Labute approximate surface area is 96.6 Å². The van der Waals surface area contributed by atoms with Gasteiger partial charge in [0.15, 0.2) is 0 Å². The third-order valence-corrected chi connectivity index (χ3v) is 3.60. The molecule has 15 heavy (non-hydrogen) atoms. The Morgan fingerprint density at radius 2 is 2.20 bits per heavy atom. The van der Waals surface area contributed by atoms with Gasteiger partial charge in [-0.05, 0) is 18.6 Å². The maximum absolute atomic E-state index is 11.9. The molecule has 2 rings (SSSR count). The van der Waals surface area contributed by atoms with Gasteiger partial charge < -0.3 is 9.64 Å². The molecule has 0 spiro atoms. The minimum absolute atomic E-state index is 0.255. The van der Waals surface area contributed by atoms with E-state index in [2.05, 4.69) is 12.6 Å². The van der Waals surface area contributed by atoms with Crippen molar-refractivity contribution >= 4 is 18.5 Å². The van der Waals surface area contributed by atoms with Crippen LogP contribution < -0.4 is 0 Å². The van der Waals surface area contributed by atoms with E-state index in [1.165, 1.54) is 12.8 Å². The monoisotopic (exact) mass is 229 g/mol. The van der Waals surface area contributed by atoms with Gasteiger partial charge in [0.1, 0.15) is 0 Å². The summed E-state index contributed by atoms with van der Waals surface area (Å²) in [4.78, 5) is 13.9. The Balaban J connectivity index is 2.00. The molecule has 1 aliphatic carbocycles. The van der Waals surface area contributed by atoms with Crippen molar-refractivity contribution in [1.82, 2.24) is 4.90 Å². The lowest BCUT2D eigenvalue weighted by molar-refractivity contribution is -0.149. The Hall–Kier alpha value is -0.220. The standard InChI is InChI=1S/C11H19NO2S/c13-11(5-8-15)12-6-7-14-10-4-2-1-3-9(10)12/h9-10,15H,1-8H2. The molecular weight excluding hydrogens is 210 g/mol. The Morgan fingerprint density at radius 3 is 3.00 bits per heavy atom. The summed E-state index contributed by atoms with van der Waals surface area (Å²) in [5.74, 6) is 0.901. The highest BCUT2D eigenvalue weighted by Gasteiger charge is 2.36. The maximum atomic E-state index is 11.9. The minimum atomic E-state index is 0.255. The predicted octanol–water partition coefficient (Wildman–Crippen LogP) is 1.48. The number of nitrogens with zero attached hydrogens (tertiary/aromatic N) is 1. The van der Waals surface area contributed by atoms with Gasteiger partial charge in [-0.15, -0.1) is 0 Å². The molecule has 2 atom stereocenters. The molecule has 0 aromatic rings. The summed E-state index contributed by atoms with van der Waals surface area (Å²) in [6, 6.07) is 0.347. The van der Waals surface area contributed by atoms with Crippen molar-refractivity contribution in [2.45, 2.75) is 44.2 Å². The van der Waals surface area contributed by atoms with Crippen molar-refractivity contribution in [1.29, 1.82) is 0 Å². The van der Waals surface area contributed by atoms with Crippen LogP contribution in [0.3, 0.4) is 0 Å². The van der Waals surface area contributed by atoms with Crippen molar-refractivity contribution in [3.8, 4) is 0 Å². The Morgan fingerprint density at radius 1 is 1.40 bits per heavy atom. The molecule has 1 saturated carbocycles. The SMILES string of the molecule is O=C(CCS)N1CCOC2CCCCC21. The predicted molar refractivity (Wildman–Crippen MR) is 62.2 cm³/mol. The maximum Gasteiger partial charge on any atom is 0.223 e. The van der Waals surface area contributed by atoms with Gasteiger partial charge >= 0.3 is 0 Å². The molecule has 0 bridgehead atoms. The third-order valence-electron chi connectivity index (χ3n) is 3.38. The number of ether oxygens (including phenoxy) is 1. The minimum Gasteiger partial charge on any atom is -0.374 e. The van der Waals surface area contributed by atoms with Crippen LogP contribution in [0.25, 0.3) is 0 Å². The first-order valence-electron chi connectivity index (χ1n) is 5.85. The molecule has 2 fully saturated rings. The van der Waals surface area contributed by atoms with Crippen LogP contribution in [0.2, 0.25) is 0 Å². The smallest absolute Gasteiger partial charge is 0.223 e. The van der Waals surface area contributed by atoms with E-state index < -0.39 is 0 Å². The summed E-state index contributed by atoms with van der Waals surface area (Å²) >= 11 is 4.12. The first-order chi connectivity index (χ1) is 7.33. The van der Waals surface area contributed by atoms with Crippen LogP contribution in [-0.2, 0) is 9.53 Å². The number of thiol groups is 1. The highest BCUT2D eigenvalue weighted by Crippen LogP contribution is 2.28. The summed E-state index contributed by atoms with van der Waals surface area (Å²) in [5, 5.41) is 0. The first kappa shape index (κ1) is 11.3. The van der Waals surface area contributed by atoms with Gasteiger partial charge in [-0.1, -0.05) is 12.8 Å². The van der Waals surface area contributed by atoms with Gasteiger partial charge in [0, 0.05) is 13.0 Å². The summed E-state index contributed by atoms with van der Waals surface area (Å²) in [6.45, 7) is 1.48. The first-order valence-corrected chi connectivity index (χ1v) is 6.48. The molecular formula is C11H19NO2S. The van der Waals surface area contributed by atoms with E-state index in [0.717, 1.165) is 19.4 Å². The number of hydrogen-bond donors (Lipinski definition) is 1. The second-order valence-electron chi connectivity index (χ2n) is 4.32. The molecule has 0 N–H and O–H groups in total. The average Bonchev–Trinajstić information content (AvgIpc) is 2.28. The van der Waals surface area contributed by atoms with Crippen LogP contribution in [0.4, 0.5) is 0 Å². The normalized spacial score (nSPS) is 31.1. The van der Waals surface area contributed by atoms with E-state index in [9.17, 15) is 4.79 Å². The fourth-order valence-electron chi connectivity index (χ4n) is 2.65. The van der Waals surface area contributed by atoms with Crippen molar-refractivity contribution in [2.75, 3.05) is 18.9 Å². The van der Waals surface area contributed by atoms with Gasteiger partial charge in [-0.3, -0.25) is 4.79 Å². The molecule has 0 aromatic carbocycles. The van der Waals surface area contributed by atoms with E-state index in [4.69, 9.17) is 4.74 Å². The molecule has 3 nitrogen and oxygen atoms in total. The fourth-order valence-corrected chi connectivity index (χ4v) is 2.84. The van der Waals surface area contributed by atoms with E-state index in [-0.39, 0.29) is 5.91 Å². The zero-order valence-corrected chi connectivity index (χ0v) is 9.92. The molecule has 1 heterocycles. The van der Waals surface area contributed by atoms with E-state index >= 15 is 0 Å². The summed E-state index contributed by atoms with van der Waals surface area (Å²) in [5.41, 5.74) is 0. The highest BCUT2D eigenvalue weighted by molar-refractivity contribution is 7.80. The van der Waals surface area contributed by atoms with Crippen LogP contribution in [-0.4, -0.2) is 41.9 Å². The molecule has 2 aliphatic rings. The lowest BCUT2D eigenvalue weighted by Crippen LogP contribution is -2.54. The lowest BCUT2D eigenvalue weighted by atomic mass is 9.90. The molecule has 0 aromatic heterocycles. The van der Waals surface area contributed by atoms with Crippen LogP contribution in [0, 0.1) is 0 Å². The van der Waals surface area contributed by atoms with Crippen LogP contribution in [0.15, 0.2) is 0 Å². The largest absolute Gasteiger partial charge is 0.374 e. The second-order valence-corrected chi connectivity index (χ2v) is 4.77. The van der Waals surface area contributed by atoms with Gasteiger partial charge in [0.05, 0.1) is 18.8 Å². The molecule has 86 valence electrons. The molecule has 2 unspecified atom stereocenters. The van der Waals surface area contributed by atoms with Crippen molar-refractivity contribution in [3.05, 3.63) is 0 Å². The number of rotatable bonds is 2. The van der Waals surface area contributed by atoms with Gasteiger partial charge in [0.25, 0.3) is 0 Å². The van der Waals surface area contributed by atoms with Gasteiger partial charge in [0.2, 0.25) is 5.91 Å². The average molecular weight is 229 g/mol. The highest BCUT2D eigenvalue weighted by atomic mass is 32.1. The zero-order valence-electron chi connectivity index (χ0n) is 9.02. The molecule has 0 radical (unpaired) electrons. The molecule has 4 heteroatoms. The van der Waals surface area contributed by atoms with Crippen molar-refractivity contribution in [3.63, 3.8) is 0 Å². The topological polar surface area (TPSA) is 29.5 Å². The number of fused-ring (bicyclic) bond motifs is 1. The summed E-state index contributed by atoms with van der Waals surface area (Å²) in [7, 11) is 0. The van der Waals surface area contributed by atoms with Gasteiger partial charge in [-0.2, -0.15) is 12.6 Å². The summed E-state index contributed by atoms with van der Waals surface area (Å²) < 4.78 is 5.73. The third kappa shape index (κ3) is 2.48. The fraction of sp³-hybridized carbons (Fsp3) is 0.909. The van der Waals surface area contributed by atoms with Crippen LogP contribution in [0.5, 0.6) is 0 Å². The van der Waals surface area contributed by atoms with Crippen molar-refractivity contribution < 1.29 is 9.53 Å². The van der Waals surface area contributed by atoms with E-state index in [1.54, 1.807) is 0 Å². The zero-order chi connectivity index (χ0) is 10.7. The Kier molecular flexibility index (Phi) is 3.92. The Bertz CT molecular complexity index is 233. The number of morpholine rings is 1. The van der Waals surface area contributed by atoms with Gasteiger partial charge in [-0.25, -0.2) is 0 Å². The molecule has 1 amide bonds. The number of carbonyl (C=O) groups excluding carboxylic acids is 1. The summed E-state index contributed by atoms with van der Waals surface area (Å²) in [6.07, 6.45) is 5.58. The quantitative estimate of drug-likeness (QED) is 0.727. The van der Waals surface area contributed by atoms with Crippen molar-refractivity contribution in [2.24, 2.45) is 0 Å².